The third-order valence-corrected chi connectivity index (χ3v) is 4.82. The van der Waals surface area contributed by atoms with E-state index in [1.807, 2.05) is 32.9 Å². The van der Waals surface area contributed by atoms with Crippen LogP contribution in [0.2, 0.25) is 0 Å². The zero-order valence-electron chi connectivity index (χ0n) is 17.1. The number of aromatic nitrogens is 1. The summed E-state index contributed by atoms with van der Waals surface area (Å²) >= 11 is 0. The molecule has 0 saturated heterocycles. The van der Waals surface area contributed by atoms with Gasteiger partial charge in [-0.25, -0.2) is 14.6 Å². The minimum Gasteiger partial charge on any atom is -0.480 e. The number of benzene rings is 1. The highest BCUT2D eigenvalue weighted by Gasteiger charge is 2.30. The summed E-state index contributed by atoms with van der Waals surface area (Å²) in [6.07, 6.45) is 3.23. The topological polar surface area (TPSA) is 74.7 Å². The number of nitrogens with zero attached hydrogens (tertiary/aromatic N) is 1. The Morgan fingerprint density at radius 3 is 2.43 bits per heavy atom. The van der Waals surface area contributed by atoms with Crippen molar-refractivity contribution >= 4 is 22.8 Å². The number of fused-ring (bicyclic) bond motifs is 1. The van der Waals surface area contributed by atoms with Crippen LogP contribution in [0.5, 0.6) is 5.88 Å². The van der Waals surface area contributed by atoms with Crippen LogP contribution >= 0.6 is 0 Å². The Morgan fingerprint density at radius 1 is 1.18 bits per heavy atom. The second kappa shape index (κ2) is 7.78. The predicted octanol–water partition coefficient (Wildman–Crippen LogP) is 4.64. The van der Waals surface area contributed by atoms with Crippen LogP contribution < -0.4 is 4.74 Å². The molecule has 1 aliphatic rings. The fourth-order valence-electron chi connectivity index (χ4n) is 3.35. The Balaban J connectivity index is 2.20. The third kappa shape index (κ3) is 3.96. The molecule has 0 aliphatic heterocycles. The molecule has 6 nitrogen and oxygen atoms in total. The van der Waals surface area contributed by atoms with Gasteiger partial charge >= 0.3 is 11.9 Å². The molecule has 150 valence electrons. The molecule has 0 spiro atoms. The molecule has 1 aromatic carbocycles. The number of methoxy groups -OCH3 is 1. The molecule has 0 atom stereocenters. The van der Waals surface area contributed by atoms with Crippen LogP contribution in [0.3, 0.4) is 0 Å². The van der Waals surface area contributed by atoms with E-state index in [9.17, 15) is 9.59 Å². The van der Waals surface area contributed by atoms with E-state index in [4.69, 9.17) is 14.2 Å². The first-order chi connectivity index (χ1) is 13.2. The van der Waals surface area contributed by atoms with Crippen molar-refractivity contribution < 1.29 is 23.8 Å². The fourth-order valence-corrected chi connectivity index (χ4v) is 3.35. The summed E-state index contributed by atoms with van der Waals surface area (Å²) < 4.78 is 16.1. The first-order valence-electron chi connectivity index (χ1n) is 9.67. The van der Waals surface area contributed by atoms with Gasteiger partial charge in [0.05, 0.1) is 24.8 Å². The Morgan fingerprint density at radius 2 is 1.89 bits per heavy atom. The summed E-state index contributed by atoms with van der Waals surface area (Å²) in [6, 6.07) is 5.51. The van der Waals surface area contributed by atoms with Crippen LogP contribution in [0, 0.1) is 0 Å². The largest absolute Gasteiger partial charge is 0.480 e. The number of pyridine rings is 1. The van der Waals surface area contributed by atoms with Crippen LogP contribution in [0.25, 0.3) is 10.9 Å². The van der Waals surface area contributed by atoms with Gasteiger partial charge < -0.3 is 14.2 Å². The Hall–Kier alpha value is -2.63. The van der Waals surface area contributed by atoms with Gasteiger partial charge in [0.1, 0.15) is 11.2 Å². The standard InChI is InChI=1S/C22H27NO5/c1-6-27-20(24)16-12-14-10-11-15(13-8-7-9-13)17(18(14)23-19(16)26-5)21(25)28-22(2,3)4/h10-13H,6-9H2,1-5H3. The molecule has 1 fully saturated rings. The van der Waals surface area contributed by atoms with Crippen molar-refractivity contribution in [3.8, 4) is 5.88 Å². The van der Waals surface area contributed by atoms with E-state index in [-0.39, 0.29) is 18.1 Å². The minimum absolute atomic E-state index is 0.140. The molecule has 0 unspecified atom stereocenters. The van der Waals surface area contributed by atoms with Crippen molar-refractivity contribution in [1.82, 2.24) is 4.98 Å². The molecular formula is C22H27NO5. The molecule has 1 aromatic heterocycles. The summed E-state index contributed by atoms with van der Waals surface area (Å²) in [5, 5.41) is 0.674. The average Bonchev–Trinajstić information content (AvgIpc) is 2.57. The van der Waals surface area contributed by atoms with Crippen LogP contribution in [0.1, 0.15) is 79.2 Å². The maximum Gasteiger partial charge on any atom is 0.343 e. The number of esters is 2. The van der Waals surface area contributed by atoms with Crippen molar-refractivity contribution in [3.05, 3.63) is 34.9 Å². The molecular weight excluding hydrogens is 358 g/mol. The molecule has 28 heavy (non-hydrogen) atoms. The van der Waals surface area contributed by atoms with Gasteiger partial charge in [0.2, 0.25) is 5.88 Å². The number of rotatable bonds is 5. The van der Waals surface area contributed by atoms with Crippen molar-refractivity contribution in [1.29, 1.82) is 0 Å². The predicted molar refractivity (Wildman–Crippen MR) is 106 cm³/mol. The van der Waals surface area contributed by atoms with Crippen molar-refractivity contribution in [3.63, 3.8) is 0 Å². The highest BCUT2D eigenvalue weighted by atomic mass is 16.6. The van der Waals surface area contributed by atoms with Gasteiger partial charge in [-0.15, -0.1) is 0 Å². The lowest BCUT2D eigenvalue weighted by molar-refractivity contribution is 0.00692. The lowest BCUT2D eigenvalue weighted by atomic mass is 9.77. The molecule has 0 N–H and O–H groups in total. The SMILES string of the molecule is CCOC(=O)c1cc2ccc(C3CCC3)c(C(=O)OC(C)(C)C)c2nc1OC. The summed E-state index contributed by atoms with van der Waals surface area (Å²) in [6.45, 7) is 7.51. The number of hydrogen-bond acceptors (Lipinski definition) is 6. The van der Waals surface area contributed by atoms with E-state index in [2.05, 4.69) is 4.98 Å². The average molecular weight is 385 g/mol. The fraction of sp³-hybridized carbons (Fsp3) is 0.500. The quantitative estimate of drug-likeness (QED) is 0.698. The molecule has 0 amide bonds. The molecule has 6 heteroatoms. The zero-order valence-corrected chi connectivity index (χ0v) is 17.1. The van der Waals surface area contributed by atoms with E-state index < -0.39 is 17.5 Å². The first-order valence-corrected chi connectivity index (χ1v) is 9.67. The maximum atomic E-state index is 13.1. The molecule has 2 aromatic rings. The number of carbonyl (C=O) groups excluding carboxylic acids is 2. The van der Waals surface area contributed by atoms with E-state index in [0.717, 1.165) is 24.8 Å². The molecule has 0 bridgehead atoms. The highest BCUT2D eigenvalue weighted by molar-refractivity contribution is 6.06. The Bertz CT molecular complexity index is 909. The second-order valence-corrected chi connectivity index (χ2v) is 8.00. The summed E-state index contributed by atoms with van der Waals surface area (Å²) in [7, 11) is 1.44. The number of carbonyl (C=O) groups is 2. The van der Waals surface area contributed by atoms with Crippen LogP contribution in [-0.4, -0.2) is 36.2 Å². The van der Waals surface area contributed by atoms with E-state index in [1.54, 1.807) is 13.0 Å². The van der Waals surface area contributed by atoms with Gasteiger partial charge in [0.25, 0.3) is 0 Å². The van der Waals surface area contributed by atoms with Crippen molar-refractivity contribution in [2.75, 3.05) is 13.7 Å². The minimum atomic E-state index is -0.620. The number of hydrogen-bond donors (Lipinski definition) is 0. The molecule has 1 saturated carbocycles. The maximum absolute atomic E-state index is 13.1. The van der Waals surface area contributed by atoms with Gasteiger partial charge in [-0.05, 0) is 58.1 Å². The van der Waals surface area contributed by atoms with Crippen LogP contribution in [0.4, 0.5) is 0 Å². The van der Waals surface area contributed by atoms with Gasteiger partial charge in [-0.3, -0.25) is 0 Å². The molecule has 1 heterocycles. The summed E-state index contributed by atoms with van der Waals surface area (Å²) in [5.41, 5.74) is 1.52. The lowest BCUT2D eigenvalue weighted by Crippen LogP contribution is -2.26. The molecule has 3 rings (SSSR count). The summed E-state index contributed by atoms with van der Waals surface area (Å²) in [5.74, 6) is -0.444. The Labute approximate surface area is 165 Å². The van der Waals surface area contributed by atoms with E-state index in [1.165, 1.54) is 7.11 Å². The van der Waals surface area contributed by atoms with Gasteiger partial charge in [-0.1, -0.05) is 18.6 Å². The third-order valence-electron chi connectivity index (χ3n) is 4.82. The molecule has 0 radical (unpaired) electrons. The highest BCUT2D eigenvalue weighted by Crippen LogP contribution is 2.41. The smallest absolute Gasteiger partial charge is 0.343 e. The zero-order chi connectivity index (χ0) is 20.5. The van der Waals surface area contributed by atoms with Gasteiger partial charge in [0.15, 0.2) is 0 Å². The van der Waals surface area contributed by atoms with Gasteiger partial charge in [0, 0.05) is 5.39 Å². The van der Waals surface area contributed by atoms with Crippen molar-refractivity contribution in [2.24, 2.45) is 0 Å². The second-order valence-electron chi connectivity index (χ2n) is 8.00. The normalized spacial score (nSPS) is 14.5. The van der Waals surface area contributed by atoms with Crippen molar-refractivity contribution in [2.45, 2.75) is 58.5 Å². The van der Waals surface area contributed by atoms with E-state index >= 15 is 0 Å². The van der Waals surface area contributed by atoms with Crippen LogP contribution in [-0.2, 0) is 9.47 Å². The first kappa shape index (κ1) is 20.1. The lowest BCUT2D eigenvalue weighted by Gasteiger charge is -2.29. The van der Waals surface area contributed by atoms with E-state index in [0.29, 0.717) is 22.4 Å². The monoisotopic (exact) mass is 385 g/mol. The van der Waals surface area contributed by atoms with Gasteiger partial charge in [-0.2, -0.15) is 0 Å². The molecule has 1 aliphatic carbocycles. The number of ether oxygens (including phenoxy) is 3. The Kier molecular flexibility index (Phi) is 5.59. The van der Waals surface area contributed by atoms with Crippen LogP contribution in [0.15, 0.2) is 18.2 Å². The summed E-state index contributed by atoms with van der Waals surface area (Å²) in [4.78, 5) is 29.9.